The van der Waals surface area contributed by atoms with E-state index in [2.05, 4.69) is 0 Å². The summed E-state index contributed by atoms with van der Waals surface area (Å²) < 4.78 is 19.9. The lowest BCUT2D eigenvalue weighted by atomic mass is 10.1. The average Bonchev–Trinajstić information content (AvgIpc) is 2.67. The molecule has 5 nitrogen and oxygen atoms in total. The molecule has 0 bridgehead atoms. The van der Waals surface area contributed by atoms with Gasteiger partial charge in [0.1, 0.15) is 11.6 Å². The fourth-order valence-electron chi connectivity index (χ4n) is 3.18. The topological polar surface area (TPSA) is 49.9 Å². The lowest BCUT2D eigenvalue weighted by Crippen LogP contribution is -2.50. The van der Waals surface area contributed by atoms with E-state index in [0.29, 0.717) is 48.2 Å². The Morgan fingerprint density at radius 1 is 1.11 bits per heavy atom. The number of aryl methyl sites for hydroxylation is 1. The Labute approximate surface area is 168 Å². The fraction of sp³-hybridized carbons (Fsp3) is 0.333. The molecule has 0 aromatic heterocycles. The number of hydrogen-bond donors (Lipinski definition) is 0. The van der Waals surface area contributed by atoms with Crippen molar-refractivity contribution in [2.24, 2.45) is 0 Å². The molecule has 2 aromatic carbocycles. The first-order valence-electron chi connectivity index (χ1n) is 9.07. The molecule has 1 saturated heterocycles. The molecule has 0 N–H and O–H groups in total. The molecule has 148 valence electrons. The predicted octanol–water partition coefficient (Wildman–Crippen LogP) is 3.72. The van der Waals surface area contributed by atoms with E-state index in [0.717, 1.165) is 5.56 Å². The molecule has 1 fully saturated rings. The number of benzene rings is 2. The predicted molar refractivity (Wildman–Crippen MR) is 107 cm³/mol. The van der Waals surface area contributed by atoms with Gasteiger partial charge in [-0.15, -0.1) is 0 Å². The second kappa shape index (κ2) is 8.61. The van der Waals surface area contributed by atoms with E-state index in [4.69, 9.17) is 16.3 Å². The number of halogens is 2. The number of hydrogen-bond acceptors (Lipinski definition) is 4. The monoisotopic (exact) mass is 404 g/mol. The molecule has 0 spiro atoms. The van der Waals surface area contributed by atoms with Crippen LogP contribution in [0.1, 0.15) is 22.8 Å². The highest BCUT2D eigenvalue weighted by atomic mass is 35.5. The molecule has 1 heterocycles. The summed E-state index contributed by atoms with van der Waals surface area (Å²) in [5.41, 5.74) is 1.67. The second-order valence-corrected chi connectivity index (χ2v) is 7.23. The van der Waals surface area contributed by atoms with Crippen LogP contribution < -0.4 is 9.64 Å². The van der Waals surface area contributed by atoms with Crippen molar-refractivity contribution in [3.8, 4) is 5.75 Å². The summed E-state index contributed by atoms with van der Waals surface area (Å²) in [5, 5.41) is 0.621. The van der Waals surface area contributed by atoms with Crippen molar-refractivity contribution in [1.82, 2.24) is 4.90 Å². The van der Waals surface area contributed by atoms with Gasteiger partial charge < -0.3 is 14.5 Å². The number of Topliss-reactive ketones (excluding diaryl/α,β-unsaturated/α-hetero) is 1. The van der Waals surface area contributed by atoms with Gasteiger partial charge in [0.05, 0.1) is 5.69 Å². The van der Waals surface area contributed by atoms with E-state index in [1.54, 1.807) is 35.2 Å². The maximum absolute atomic E-state index is 14.3. The Hall–Kier alpha value is -2.60. The van der Waals surface area contributed by atoms with Crippen LogP contribution in [0.25, 0.3) is 0 Å². The number of amides is 1. The third kappa shape index (κ3) is 4.62. The van der Waals surface area contributed by atoms with Gasteiger partial charge in [0.15, 0.2) is 12.4 Å². The van der Waals surface area contributed by atoms with Gasteiger partial charge in [-0.05, 0) is 55.8 Å². The number of piperazine rings is 1. The molecular formula is C21H22ClFN2O3. The first kappa shape index (κ1) is 20.1. The average molecular weight is 405 g/mol. The van der Waals surface area contributed by atoms with Gasteiger partial charge in [-0.25, -0.2) is 4.39 Å². The van der Waals surface area contributed by atoms with Crippen LogP contribution in [0.3, 0.4) is 0 Å². The van der Waals surface area contributed by atoms with Crippen LogP contribution in [-0.2, 0) is 4.79 Å². The van der Waals surface area contributed by atoms with Crippen LogP contribution in [0, 0.1) is 12.7 Å². The third-order valence-corrected chi connectivity index (χ3v) is 5.05. The first-order valence-corrected chi connectivity index (χ1v) is 9.45. The first-order chi connectivity index (χ1) is 13.3. The SMILES string of the molecule is CC(=O)c1ccc(N2CCN(C(=O)COc3ccc(Cl)cc3C)CC2)c(F)c1. The van der Waals surface area contributed by atoms with Crippen LogP contribution in [0.2, 0.25) is 5.02 Å². The zero-order valence-electron chi connectivity index (χ0n) is 15.9. The molecule has 0 radical (unpaired) electrons. The minimum Gasteiger partial charge on any atom is -0.483 e. The summed E-state index contributed by atoms with van der Waals surface area (Å²) >= 11 is 5.92. The van der Waals surface area contributed by atoms with E-state index in [1.165, 1.54) is 13.0 Å². The Bertz CT molecular complexity index is 895. The molecule has 1 aliphatic rings. The van der Waals surface area contributed by atoms with Gasteiger partial charge in [-0.2, -0.15) is 0 Å². The summed E-state index contributed by atoms with van der Waals surface area (Å²) in [5.74, 6) is -0.0729. The van der Waals surface area contributed by atoms with Crippen LogP contribution in [0.5, 0.6) is 5.75 Å². The van der Waals surface area contributed by atoms with E-state index < -0.39 is 5.82 Å². The summed E-state index contributed by atoms with van der Waals surface area (Å²) in [6, 6.07) is 9.76. The van der Waals surface area contributed by atoms with Crippen molar-refractivity contribution >= 4 is 29.0 Å². The number of carbonyl (C=O) groups excluding carboxylic acids is 2. The molecule has 1 amide bonds. The zero-order chi connectivity index (χ0) is 20.3. The van der Waals surface area contributed by atoms with Crippen molar-refractivity contribution in [3.63, 3.8) is 0 Å². The summed E-state index contributed by atoms with van der Waals surface area (Å²) in [4.78, 5) is 27.4. The Balaban J connectivity index is 1.54. The number of anilines is 1. The lowest BCUT2D eigenvalue weighted by Gasteiger charge is -2.36. The van der Waals surface area contributed by atoms with Crippen molar-refractivity contribution in [3.05, 3.63) is 58.4 Å². The number of ketones is 1. The van der Waals surface area contributed by atoms with Crippen molar-refractivity contribution in [2.45, 2.75) is 13.8 Å². The van der Waals surface area contributed by atoms with Crippen LogP contribution in [-0.4, -0.2) is 49.4 Å². The number of nitrogens with zero attached hydrogens (tertiary/aromatic N) is 2. The molecule has 3 rings (SSSR count). The molecule has 7 heteroatoms. The van der Waals surface area contributed by atoms with Gasteiger partial charge >= 0.3 is 0 Å². The minimum absolute atomic E-state index is 0.0514. The molecule has 2 aromatic rings. The molecule has 28 heavy (non-hydrogen) atoms. The van der Waals surface area contributed by atoms with E-state index >= 15 is 0 Å². The second-order valence-electron chi connectivity index (χ2n) is 6.79. The summed E-state index contributed by atoms with van der Waals surface area (Å²) in [6.45, 7) is 5.22. The Morgan fingerprint density at radius 3 is 2.43 bits per heavy atom. The van der Waals surface area contributed by atoms with Crippen LogP contribution >= 0.6 is 11.6 Å². The molecule has 0 saturated carbocycles. The molecule has 0 unspecified atom stereocenters. The van der Waals surface area contributed by atoms with Gasteiger partial charge in [-0.3, -0.25) is 9.59 Å². The number of rotatable bonds is 5. The maximum Gasteiger partial charge on any atom is 0.260 e. The quantitative estimate of drug-likeness (QED) is 0.713. The highest BCUT2D eigenvalue weighted by Gasteiger charge is 2.23. The number of carbonyl (C=O) groups is 2. The summed E-state index contributed by atoms with van der Waals surface area (Å²) in [6.07, 6.45) is 0. The fourth-order valence-corrected chi connectivity index (χ4v) is 3.41. The van der Waals surface area contributed by atoms with Crippen molar-refractivity contribution in [2.75, 3.05) is 37.7 Å². The zero-order valence-corrected chi connectivity index (χ0v) is 16.6. The Kier molecular flexibility index (Phi) is 6.19. The van der Waals surface area contributed by atoms with Crippen LogP contribution in [0.4, 0.5) is 10.1 Å². The van der Waals surface area contributed by atoms with E-state index in [9.17, 15) is 14.0 Å². The van der Waals surface area contributed by atoms with Gasteiger partial charge in [0.2, 0.25) is 0 Å². The van der Waals surface area contributed by atoms with E-state index in [1.807, 2.05) is 11.8 Å². The van der Waals surface area contributed by atoms with Crippen molar-refractivity contribution < 1.29 is 18.7 Å². The maximum atomic E-state index is 14.3. The highest BCUT2D eigenvalue weighted by Crippen LogP contribution is 2.23. The van der Waals surface area contributed by atoms with Gasteiger partial charge in [0.25, 0.3) is 5.91 Å². The standard InChI is InChI=1S/C21H22ClFN2O3/c1-14-11-17(22)4-6-20(14)28-13-21(27)25-9-7-24(8-10-25)19-5-3-16(15(2)26)12-18(19)23/h3-6,11-12H,7-10,13H2,1-2H3. The smallest absolute Gasteiger partial charge is 0.260 e. The molecule has 0 atom stereocenters. The third-order valence-electron chi connectivity index (χ3n) is 4.82. The molecule has 1 aliphatic heterocycles. The molecular weight excluding hydrogens is 383 g/mol. The van der Waals surface area contributed by atoms with Gasteiger partial charge in [0, 0.05) is 36.8 Å². The lowest BCUT2D eigenvalue weighted by molar-refractivity contribution is -0.133. The van der Waals surface area contributed by atoms with Crippen LogP contribution in [0.15, 0.2) is 36.4 Å². The minimum atomic E-state index is -0.422. The molecule has 0 aliphatic carbocycles. The number of ether oxygens (including phenoxy) is 1. The van der Waals surface area contributed by atoms with Crippen molar-refractivity contribution in [1.29, 1.82) is 0 Å². The van der Waals surface area contributed by atoms with Gasteiger partial charge in [-0.1, -0.05) is 11.6 Å². The van der Waals surface area contributed by atoms with E-state index in [-0.39, 0.29) is 18.3 Å². The summed E-state index contributed by atoms with van der Waals surface area (Å²) in [7, 11) is 0. The largest absolute Gasteiger partial charge is 0.483 e. The Morgan fingerprint density at radius 2 is 1.82 bits per heavy atom. The normalized spacial score (nSPS) is 14.1. The highest BCUT2D eigenvalue weighted by molar-refractivity contribution is 6.30.